The Hall–Kier alpha value is -2.02. The van der Waals surface area contributed by atoms with Crippen LogP contribution in [0.3, 0.4) is 0 Å². The summed E-state index contributed by atoms with van der Waals surface area (Å²) < 4.78 is 5.04. The van der Waals surface area contributed by atoms with Crippen LogP contribution in [0.5, 0.6) is 5.75 Å². The van der Waals surface area contributed by atoms with Crippen molar-refractivity contribution in [3.8, 4) is 5.75 Å². The highest BCUT2D eigenvalue weighted by Crippen LogP contribution is 2.33. The second-order valence-corrected chi connectivity index (χ2v) is 5.94. The van der Waals surface area contributed by atoms with E-state index in [1.807, 2.05) is 30.3 Å². The van der Waals surface area contributed by atoms with Gasteiger partial charge in [0.1, 0.15) is 0 Å². The first-order valence-electron chi connectivity index (χ1n) is 6.92. The topological polar surface area (TPSA) is 62.4 Å². The molecule has 0 aliphatic carbocycles. The van der Waals surface area contributed by atoms with Gasteiger partial charge in [0, 0.05) is 12.1 Å². The van der Waals surface area contributed by atoms with Gasteiger partial charge in [-0.3, -0.25) is 15.6 Å². The van der Waals surface area contributed by atoms with Gasteiger partial charge in [0.05, 0.1) is 17.2 Å². The summed E-state index contributed by atoms with van der Waals surface area (Å²) in [5, 5.41) is 3.77. The molecule has 2 aromatic rings. The third-order valence-corrected chi connectivity index (χ3v) is 3.86. The molecule has 24 heavy (non-hydrogen) atoms. The van der Waals surface area contributed by atoms with Crippen molar-refractivity contribution in [2.75, 3.05) is 7.11 Å². The van der Waals surface area contributed by atoms with E-state index in [0.29, 0.717) is 12.3 Å². The van der Waals surface area contributed by atoms with Crippen molar-refractivity contribution < 1.29 is 9.53 Å². The minimum atomic E-state index is -0.426. The molecule has 3 N–H and O–H groups in total. The van der Waals surface area contributed by atoms with Crippen molar-refractivity contribution in [2.45, 2.75) is 6.54 Å². The fraction of sp³-hybridized carbons (Fsp3) is 0.125. The third kappa shape index (κ3) is 4.99. The lowest BCUT2D eigenvalue weighted by molar-refractivity contribution is 0.0943. The number of methoxy groups -OCH3 is 1. The van der Waals surface area contributed by atoms with E-state index in [1.165, 1.54) is 19.2 Å². The van der Waals surface area contributed by atoms with Gasteiger partial charge in [-0.05, 0) is 29.9 Å². The number of amides is 1. The summed E-state index contributed by atoms with van der Waals surface area (Å²) in [7, 11) is 1.45. The number of hydrogen-bond acceptors (Lipinski definition) is 3. The lowest BCUT2D eigenvalue weighted by Crippen LogP contribution is -2.46. The molecule has 1 amide bonds. The fourth-order valence-electron chi connectivity index (χ4n) is 1.89. The predicted molar refractivity (Wildman–Crippen MR) is 99.5 cm³/mol. The molecule has 0 atom stereocenters. The van der Waals surface area contributed by atoms with Crippen molar-refractivity contribution in [3.63, 3.8) is 0 Å². The maximum atomic E-state index is 12.1. The Bertz CT molecular complexity index is 718. The molecule has 0 radical (unpaired) electrons. The van der Waals surface area contributed by atoms with E-state index in [1.54, 1.807) is 0 Å². The van der Waals surface area contributed by atoms with Crippen LogP contribution in [-0.4, -0.2) is 18.1 Å². The fourth-order valence-corrected chi connectivity index (χ4v) is 2.66. The number of halogens is 2. The quantitative estimate of drug-likeness (QED) is 0.558. The number of hydrazine groups is 1. The van der Waals surface area contributed by atoms with Crippen LogP contribution in [0.2, 0.25) is 10.0 Å². The van der Waals surface area contributed by atoms with Crippen molar-refractivity contribution in [2.24, 2.45) is 0 Å². The van der Waals surface area contributed by atoms with E-state index in [9.17, 15) is 4.79 Å². The Balaban J connectivity index is 1.87. The number of thiocarbonyl (C=S) groups is 1. The van der Waals surface area contributed by atoms with Gasteiger partial charge in [-0.2, -0.15) is 0 Å². The number of carbonyl (C=O) groups excluding carboxylic acids is 1. The van der Waals surface area contributed by atoms with E-state index < -0.39 is 5.91 Å². The molecule has 0 aromatic heterocycles. The monoisotopic (exact) mass is 383 g/mol. The summed E-state index contributed by atoms with van der Waals surface area (Å²) in [6.45, 7) is 0.544. The summed E-state index contributed by atoms with van der Waals surface area (Å²) in [6.07, 6.45) is 0. The first-order valence-corrected chi connectivity index (χ1v) is 8.09. The molecule has 0 bridgehead atoms. The van der Waals surface area contributed by atoms with Crippen LogP contribution in [-0.2, 0) is 6.54 Å². The van der Waals surface area contributed by atoms with Gasteiger partial charge < -0.3 is 10.1 Å². The van der Waals surface area contributed by atoms with Gasteiger partial charge in [-0.15, -0.1) is 0 Å². The average Bonchev–Trinajstić information content (AvgIpc) is 2.58. The zero-order valence-corrected chi connectivity index (χ0v) is 15.1. The first-order chi connectivity index (χ1) is 11.5. The minimum Gasteiger partial charge on any atom is -0.494 e. The summed E-state index contributed by atoms with van der Waals surface area (Å²) in [5.74, 6) is -0.104. The lowest BCUT2D eigenvalue weighted by atomic mass is 10.2. The van der Waals surface area contributed by atoms with Crippen LogP contribution in [0.15, 0.2) is 42.5 Å². The molecule has 2 aromatic carbocycles. The van der Waals surface area contributed by atoms with Crippen LogP contribution < -0.4 is 20.9 Å². The van der Waals surface area contributed by atoms with Gasteiger partial charge in [0.2, 0.25) is 0 Å². The van der Waals surface area contributed by atoms with E-state index in [4.69, 9.17) is 40.2 Å². The van der Waals surface area contributed by atoms with E-state index in [0.717, 1.165) is 5.56 Å². The molecule has 126 valence electrons. The molecule has 2 rings (SSSR count). The molecule has 8 heteroatoms. The van der Waals surface area contributed by atoms with Crippen molar-refractivity contribution in [1.29, 1.82) is 0 Å². The standard InChI is InChI=1S/C16H15Cl2N3O2S/c1-23-14-12(17)7-11(8-13(14)18)15(22)20-21-16(24)19-9-10-5-3-2-4-6-10/h2-8H,9H2,1H3,(H,20,22)(H2,19,21,24). The van der Waals surface area contributed by atoms with Crippen LogP contribution in [0, 0.1) is 0 Å². The van der Waals surface area contributed by atoms with Crippen molar-refractivity contribution in [1.82, 2.24) is 16.2 Å². The zero-order chi connectivity index (χ0) is 17.5. The van der Waals surface area contributed by atoms with Gasteiger partial charge in [-0.1, -0.05) is 53.5 Å². The van der Waals surface area contributed by atoms with Crippen molar-refractivity contribution in [3.05, 3.63) is 63.6 Å². The van der Waals surface area contributed by atoms with Gasteiger partial charge in [-0.25, -0.2) is 0 Å². The first kappa shape index (κ1) is 18.3. The van der Waals surface area contributed by atoms with Crippen LogP contribution in [0.1, 0.15) is 15.9 Å². The molecular formula is C16H15Cl2N3O2S. The van der Waals surface area contributed by atoms with Crippen LogP contribution in [0.4, 0.5) is 0 Å². The second kappa shape index (κ2) is 8.73. The van der Waals surface area contributed by atoms with Crippen LogP contribution in [0.25, 0.3) is 0 Å². The molecule has 0 saturated heterocycles. The molecule has 0 spiro atoms. The average molecular weight is 384 g/mol. The smallest absolute Gasteiger partial charge is 0.269 e. The molecular weight excluding hydrogens is 369 g/mol. The SMILES string of the molecule is COc1c(Cl)cc(C(=O)NNC(=S)NCc2ccccc2)cc1Cl. The molecule has 0 heterocycles. The van der Waals surface area contributed by atoms with Crippen molar-refractivity contribution >= 4 is 46.4 Å². The maximum Gasteiger partial charge on any atom is 0.269 e. The minimum absolute atomic E-state index is 0.250. The normalized spacial score (nSPS) is 9.96. The molecule has 0 unspecified atom stereocenters. The second-order valence-electron chi connectivity index (χ2n) is 4.72. The molecule has 0 saturated carbocycles. The van der Waals surface area contributed by atoms with E-state index in [-0.39, 0.29) is 20.7 Å². The number of rotatable bonds is 4. The Morgan fingerprint density at radius 3 is 2.33 bits per heavy atom. The maximum absolute atomic E-state index is 12.1. The molecule has 0 aliphatic rings. The Morgan fingerprint density at radius 2 is 1.75 bits per heavy atom. The summed E-state index contributed by atoms with van der Waals surface area (Å²) in [4.78, 5) is 12.1. The summed E-state index contributed by atoms with van der Waals surface area (Å²) in [6, 6.07) is 12.7. The lowest BCUT2D eigenvalue weighted by Gasteiger charge is -2.13. The molecule has 5 nitrogen and oxygen atoms in total. The molecule has 0 aliphatic heterocycles. The number of benzene rings is 2. The number of carbonyl (C=O) groups is 1. The van der Waals surface area contributed by atoms with Crippen LogP contribution >= 0.6 is 35.4 Å². The summed E-state index contributed by atoms with van der Waals surface area (Å²) >= 11 is 17.1. The van der Waals surface area contributed by atoms with Gasteiger partial charge >= 0.3 is 0 Å². The number of hydrogen-bond donors (Lipinski definition) is 3. The highest BCUT2D eigenvalue weighted by molar-refractivity contribution is 7.80. The molecule has 0 fully saturated rings. The Labute approximate surface area is 155 Å². The van der Waals surface area contributed by atoms with Gasteiger partial charge in [0.25, 0.3) is 5.91 Å². The number of nitrogens with one attached hydrogen (secondary N) is 3. The number of ether oxygens (including phenoxy) is 1. The van der Waals surface area contributed by atoms with E-state index >= 15 is 0 Å². The largest absolute Gasteiger partial charge is 0.494 e. The third-order valence-electron chi connectivity index (χ3n) is 3.05. The Kier molecular flexibility index (Phi) is 6.66. The van der Waals surface area contributed by atoms with Gasteiger partial charge in [0.15, 0.2) is 10.9 Å². The Morgan fingerprint density at radius 1 is 1.12 bits per heavy atom. The highest BCUT2D eigenvalue weighted by atomic mass is 35.5. The summed E-state index contributed by atoms with van der Waals surface area (Å²) in [5.41, 5.74) is 6.45. The van der Waals surface area contributed by atoms with E-state index in [2.05, 4.69) is 16.2 Å². The zero-order valence-electron chi connectivity index (χ0n) is 12.7. The predicted octanol–water partition coefficient (Wildman–Crippen LogP) is 3.31. The highest BCUT2D eigenvalue weighted by Gasteiger charge is 2.13.